The lowest BCUT2D eigenvalue weighted by atomic mass is 10.2. The summed E-state index contributed by atoms with van der Waals surface area (Å²) in [5, 5.41) is 4.61. The summed E-state index contributed by atoms with van der Waals surface area (Å²) in [6.45, 7) is 4.25. The van der Waals surface area contributed by atoms with E-state index >= 15 is 0 Å². The molecule has 0 spiro atoms. The number of hydrogen-bond donors (Lipinski definition) is 0. The standard InChI is InChI=1S/C13H15BrN2/c1-3-11-9-13(10(2)14)16(15-11)12-7-5-4-6-8-12/h4-10H,3H2,1-2H3. The van der Waals surface area contributed by atoms with E-state index < -0.39 is 0 Å². The first-order valence-corrected chi connectivity index (χ1v) is 6.42. The molecular weight excluding hydrogens is 264 g/mol. The van der Waals surface area contributed by atoms with Crippen LogP contribution < -0.4 is 0 Å². The number of rotatable bonds is 3. The Kier molecular flexibility index (Phi) is 3.44. The minimum atomic E-state index is 0.306. The zero-order valence-electron chi connectivity index (χ0n) is 9.52. The van der Waals surface area contributed by atoms with Crippen molar-refractivity contribution in [3.8, 4) is 5.69 Å². The molecule has 0 aliphatic rings. The maximum Gasteiger partial charge on any atom is 0.0649 e. The number of aromatic nitrogens is 2. The Balaban J connectivity index is 2.51. The summed E-state index contributed by atoms with van der Waals surface area (Å²) >= 11 is 3.61. The second-order valence-corrected chi connectivity index (χ2v) is 5.15. The second-order valence-electron chi connectivity index (χ2n) is 3.78. The summed E-state index contributed by atoms with van der Waals surface area (Å²) in [4.78, 5) is 0.306. The lowest BCUT2D eigenvalue weighted by Crippen LogP contribution is -2.02. The van der Waals surface area contributed by atoms with Gasteiger partial charge in [0.1, 0.15) is 0 Å². The number of halogens is 1. The highest BCUT2D eigenvalue weighted by molar-refractivity contribution is 9.09. The molecule has 2 rings (SSSR count). The van der Waals surface area contributed by atoms with E-state index in [0.29, 0.717) is 4.83 Å². The van der Waals surface area contributed by atoms with Gasteiger partial charge in [0.25, 0.3) is 0 Å². The third-order valence-corrected chi connectivity index (χ3v) is 3.03. The molecule has 0 fully saturated rings. The number of nitrogens with zero attached hydrogens (tertiary/aromatic N) is 2. The van der Waals surface area contributed by atoms with Gasteiger partial charge in [0.2, 0.25) is 0 Å². The van der Waals surface area contributed by atoms with Crippen molar-refractivity contribution in [1.82, 2.24) is 9.78 Å². The highest BCUT2D eigenvalue weighted by atomic mass is 79.9. The largest absolute Gasteiger partial charge is 0.236 e. The van der Waals surface area contributed by atoms with E-state index in [2.05, 4.69) is 53.1 Å². The smallest absolute Gasteiger partial charge is 0.0649 e. The van der Waals surface area contributed by atoms with Crippen molar-refractivity contribution in [3.63, 3.8) is 0 Å². The van der Waals surface area contributed by atoms with Crippen molar-refractivity contribution in [2.24, 2.45) is 0 Å². The SMILES string of the molecule is CCc1cc(C(C)Br)n(-c2ccccc2)n1. The molecule has 1 aromatic carbocycles. The molecule has 0 radical (unpaired) electrons. The van der Waals surface area contributed by atoms with Crippen LogP contribution in [0, 0.1) is 0 Å². The van der Waals surface area contributed by atoms with Crippen LogP contribution in [0.15, 0.2) is 36.4 Å². The van der Waals surface area contributed by atoms with Crippen LogP contribution >= 0.6 is 15.9 Å². The van der Waals surface area contributed by atoms with Gasteiger partial charge in [0.15, 0.2) is 0 Å². The zero-order valence-corrected chi connectivity index (χ0v) is 11.1. The normalized spacial score (nSPS) is 12.7. The molecule has 1 unspecified atom stereocenters. The summed E-state index contributed by atoms with van der Waals surface area (Å²) in [6.07, 6.45) is 0.965. The van der Waals surface area contributed by atoms with Crippen LogP contribution in [-0.2, 0) is 6.42 Å². The maximum absolute atomic E-state index is 4.61. The van der Waals surface area contributed by atoms with Gasteiger partial charge in [-0.05, 0) is 31.5 Å². The average Bonchev–Trinajstić information content (AvgIpc) is 2.74. The fourth-order valence-corrected chi connectivity index (χ4v) is 2.01. The predicted molar refractivity (Wildman–Crippen MR) is 70.3 cm³/mol. The predicted octanol–water partition coefficient (Wildman–Crippen LogP) is 3.89. The number of hydrogen-bond acceptors (Lipinski definition) is 1. The van der Waals surface area contributed by atoms with Crippen LogP contribution in [0.25, 0.3) is 5.69 Å². The topological polar surface area (TPSA) is 17.8 Å². The van der Waals surface area contributed by atoms with Gasteiger partial charge in [-0.15, -0.1) is 0 Å². The lowest BCUT2D eigenvalue weighted by molar-refractivity contribution is 0.792. The third kappa shape index (κ3) is 2.19. The highest BCUT2D eigenvalue weighted by Gasteiger charge is 2.12. The lowest BCUT2D eigenvalue weighted by Gasteiger charge is -2.08. The van der Waals surface area contributed by atoms with Crippen molar-refractivity contribution in [2.45, 2.75) is 25.1 Å². The van der Waals surface area contributed by atoms with Crippen LogP contribution in [0.5, 0.6) is 0 Å². The van der Waals surface area contributed by atoms with Gasteiger partial charge in [-0.25, -0.2) is 4.68 Å². The van der Waals surface area contributed by atoms with Crippen LogP contribution in [0.2, 0.25) is 0 Å². The molecule has 1 atom stereocenters. The molecule has 84 valence electrons. The van der Waals surface area contributed by atoms with Crippen LogP contribution in [-0.4, -0.2) is 9.78 Å². The number of benzene rings is 1. The molecule has 0 saturated carbocycles. The Bertz CT molecular complexity index is 460. The molecule has 0 bridgehead atoms. The molecule has 1 aromatic heterocycles. The summed E-state index contributed by atoms with van der Waals surface area (Å²) in [5.74, 6) is 0. The Morgan fingerprint density at radius 1 is 1.31 bits per heavy atom. The van der Waals surface area contributed by atoms with Gasteiger partial charge in [-0.1, -0.05) is 41.1 Å². The minimum Gasteiger partial charge on any atom is -0.236 e. The summed E-state index contributed by atoms with van der Waals surface area (Å²) in [7, 11) is 0. The first kappa shape index (κ1) is 11.4. The molecular formula is C13H15BrN2. The first-order valence-electron chi connectivity index (χ1n) is 5.50. The summed E-state index contributed by atoms with van der Waals surface area (Å²) in [5.41, 5.74) is 3.44. The number of alkyl halides is 1. The van der Waals surface area contributed by atoms with Gasteiger partial charge in [-0.2, -0.15) is 5.10 Å². The number of para-hydroxylation sites is 1. The van der Waals surface area contributed by atoms with Crippen LogP contribution in [0.4, 0.5) is 0 Å². The highest BCUT2D eigenvalue weighted by Crippen LogP contribution is 2.25. The Morgan fingerprint density at radius 2 is 2.00 bits per heavy atom. The van der Waals surface area contributed by atoms with Crippen molar-refractivity contribution in [3.05, 3.63) is 47.8 Å². The monoisotopic (exact) mass is 278 g/mol. The fourth-order valence-electron chi connectivity index (χ4n) is 1.68. The maximum atomic E-state index is 4.61. The summed E-state index contributed by atoms with van der Waals surface area (Å²) in [6, 6.07) is 12.4. The molecule has 0 amide bonds. The average molecular weight is 279 g/mol. The van der Waals surface area contributed by atoms with Crippen molar-refractivity contribution >= 4 is 15.9 Å². The van der Waals surface area contributed by atoms with E-state index in [-0.39, 0.29) is 0 Å². The van der Waals surface area contributed by atoms with E-state index in [4.69, 9.17) is 0 Å². The molecule has 0 N–H and O–H groups in total. The molecule has 16 heavy (non-hydrogen) atoms. The zero-order chi connectivity index (χ0) is 11.5. The number of aryl methyl sites for hydroxylation is 1. The van der Waals surface area contributed by atoms with Crippen LogP contribution in [0.1, 0.15) is 30.1 Å². The Morgan fingerprint density at radius 3 is 2.56 bits per heavy atom. The van der Waals surface area contributed by atoms with Gasteiger partial charge < -0.3 is 0 Å². The Hall–Kier alpha value is -1.09. The molecule has 1 heterocycles. The quantitative estimate of drug-likeness (QED) is 0.779. The van der Waals surface area contributed by atoms with Crippen molar-refractivity contribution < 1.29 is 0 Å². The fraction of sp³-hybridized carbons (Fsp3) is 0.308. The molecule has 3 heteroatoms. The molecule has 2 nitrogen and oxygen atoms in total. The molecule has 2 aromatic rings. The van der Waals surface area contributed by atoms with Crippen molar-refractivity contribution in [2.75, 3.05) is 0 Å². The van der Waals surface area contributed by atoms with E-state index in [1.165, 1.54) is 5.69 Å². The molecule has 0 saturated heterocycles. The van der Waals surface area contributed by atoms with E-state index in [1.54, 1.807) is 0 Å². The van der Waals surface area contributed by atoms with Gasteiger partial charge in [0, 0.05) is 0 Å². The third-order valence-electron chi connectivity index (χ3n) is 2.56. The minimum absolute atomic E-state index is 0.306. The van der Waals surface area contributed by atoms with Gasteiger partial charge in [-0.3, -0.25) is 0 Å². The van der Waals surface area contributed by atoms with Crippen LogP contribution in [0.3, 0.4) is 0 Å². The molecule has 0 aliphatic heterocycles. The van der Waals surface area contributed by atoms with E-state index in [9.17, 15) is 0 Å². The van der Waals surface area contributed by atoms with Gasteiger partial charge >= 0.3 is 0 Å². The van der Waals surface area contributed by atoms with Crippen molar-refractivity contribution in [1.29, 1.82) is 0 Å². The summed E-state index contributed by atoms with van der Waals surface area (Å²) < 4.78 is 2.01. The second kappa shape index (κ2) is 4.83. The van der Waals surface area contributed by atoms with E-state index in [0.717, 1.165) is 17.8 Å². The molecule has 0 aliphatic carbocycles. The Labute approximate surface area is 104 Å². The first-order chi connectivity index (χ1) is 7.72. The van der Waals surface area contributed by atoms with E-state index in [1.807, 2.05) is 22.9 Å². The van der Waals surface area contributed by atoms with Gasteiger partial charge in [0.05, 0.1) is 21.9 Å².